The lowest BCUT2D eigenvalue weighted by molar-refractivity contribution is -0.120. The fourth-order valence-corrected chi connectivity index (χ4v) is 2.71. The molecule has 1 aromatic heterocycles. The van der Waals surface area contributed by atoms with Crippen LogP contribution in [0.3, 0.4) is 0 Å². The zero-order valence-corrected chi connectivity index (χ0v) is 14.8. The maximum absolute atomic E-state index is 13.0. The minimum atomic E-state index is -0.604. The van der Waals surface area contributed by atoms with Gasteiger partial charge in [-0.05, 0) is 29.8 Å². The van der Waals surface area contributed by atoms with Crippen molar-refractivity contribution >= 4 is 23.2 Å². The number of nitrogens with one attached hydrogen (secondary N) is 2. The Morgan fingerprint density at radius 1 is 1.04 bits per heavy atom. The summed E-state index contributed by atoms with van der Waals surface area (Å²) < 4.78 is 6.41. The number of carbonyl (C=O) groups excluding carboxylic acids is 2. The zero-order valence-electron chi connectivity index (χ0n) is 14.8. The van der Waals surface area contributed by atoms with E-state index in [1.165, 1.54) is 7.11 Å². The highest BCUT2D eigenvalue weighted by atomic mass is 16.5. The second-order valence-corrected chi connectivity index (χ2v) is 5.85. The summed E-state index contributed by atoms with van der Waals surface area (Å²) in [7, 11) is 1.45. The molecule has 1 unspecified atom stereocenters. The fraction of sp³-hybridized carbons (Fsp3) is 0.150. The summed E-state index contributed by atoms with van der Waals surface area (Å²) in [6.07, 6.45) is 3.38. The molecule has 0 fully saturated rings. The number of carbonyl (C=O) groups is 2. The second-order valence-electron chi connectivity index (χ2n) is 5.85. The van der Waals surface area contributed by atoms with E-state index in [0.717, 1.165) is 5.56 Å². The lowest BCUT2D eigenvalue weighted by atomic mass is 10.1. The van der Waals surface area contributed by atoms with Gasteiger partial charge in [0.05, 0.1) is 0 Å². The summed E-state index contributed by atoms with van der Waals surface area (Å²) in [5.74, 6) is -0.495. The Morgan fingerprint density at radius 3 is 2.44 bits per heavy atom. The topological polar surface area (TPSA) is 85.3 Å². The molecule has 3 aromatic rings. The van der Waals surface area contributed by atoms with Crippen molar-refractivity contribution < 1.29 is 14.3 Å². The first kappa shape index (κ1) is 18.3. The summed E-state index contributed by atoms with van der Waals surface area (Å²) in [5.41, 5.74) is 1.97. The van der Waals surface area contributed by atoms with Gasteiger partial charge in [-0.1, -0.05) is 36.4 Å². The maximum Gasteiger partial charge on any atom is 0.253 e. The number of rotatable bonds is 7. The van der Waals surface area contributed by atoms with Crippen LogP contribution in [0.1, 0.15) is 11.6 Å². The fourth-order valence-electron chi connectivity index (χ4n) is 2.71. The Bertz CT molecular complexity index is 895. The van der Waals surface area contributed by atoms with Gasteiger partial charge in [0.1, 0.15) is 6.61 Å². The molecule has 0 bridgehead atoms. The Morgan fingerprint density at radius 2 is 1.78 bits per heavy atom. The van der Waals surface area contributed by atoms with E-state index in [0.29, 0.717) is 11.4 Å². The Labute approximate surface area is 157 Å². The molecule has 27 heavy (non-hydrogen) atoms. The Hall–Kier alpha value is -3.45. The first-order valence-electron chi connectivity index (χ1n) is 8.41. The highest BCUT2D eigenvalue weighted by Crippen LogP contribution is 2.21. The zero-order chi connectivity index (χ0) is 19.1. The number of nitrogens with zero attached hydrogens (tertiary/aromatic N) is 2. The molecule has 0 spiro atoms. The molecule has 138 valence electrons. The normalized spacial score (nSPS) is 11.6. The molecule has 7 nitrogen and oxygen atoms in total. The van der Waals surface area contributed by atoms with Crippen molar-refractivity contribution in [3.05, 3.63) is 78.6 Å². The SMILES string of the molecule is COCC(=O)Nc1cccc(NC(=O)C(c2ccccc2)n2cccn2)c1. The third kappa shape index (κ3) is 4.80. The van der Waals surface area contributed by atoms with Crippen molar-refractivity contribution in [3.8, 4) is 0 Å². The average Bonchev–Trinajstić information content (AvgIpc) is 3.17. The molecule has 0 aliphatic heterocycles. The van der Waals surface area contributed by atoms with Crippen LogP contribution >= 0.6 is 0 Å². The van der Waals surface area contributed by atoms with Crippen LogP contribution in [-0.2, 0) is 14.3 Å². The van der Waals surface area contributed by atoms with Crippen LogP contribution in [0.5, 0.6) is 0 Å². The number of benzene rings is 2. The molecule has 0 aliphatic carbocycles. The van der Waals surface area contributed by atoms with E-state index in [9.17, 15) is 9.59 Å². The molecule has 0 radical (unpaired) electrons. The second kappa shape index (κ2) is 8.77. The van der Waals surface area contributed by atoms with Gasteiger partial charge in [0.2, 0.25) is 5.91 Å². The standard InChI is InChI=1S/C20H20N4O3/c1-27-14-18(25)22-16-9-5-10-17(13-16)23-20(26)19(24-12-6-11-21-24)15-7-3-2-4-8-15/h2-13,19H,14H2,1H3,(H,22,25)(H,23,26). The number of amides is 2. The molecule has 0 saturated carbocycles. The molecule has 0 saturated heterocycles. The van der Waals surface area contributed by atoms with E-state index in [1.807, 2.05) is 30.3 Å². The lowest BCUT2D eigenvalue weighted by Gasteiger charge is -2.18. The van der Waals surface area contributed by atoms with E-state index in [-0.39, 0.29) is 18.4 Å². The van der Waals surface area contributed by atoms with E-state index in [2.05, 4.69) is 15.7 Å². The number of anilines is 2. The van der Waals surface area contributed by atoms with Gasteiger partial charge in [0.25, 0.3) is 5.91 Å². The highest BCUT2D eigenvalue weighted by molar-refractivity contribution is 5.97. The van der Waals surface area contributed by atoms with Gasteiger partial charge in [-0.25, -0.2) is 0 Å². The Kier molecular flexibility index (Phi) is 5.96. The summed E-state index contributed by atoms with van der Waals surface area (Å²) in [5, 5.41) is 9.82. The molecular weight excluding hydrogens is 344 g/mol. The van der Waals surface area contributed by atoms with Crippen molar-refractivity contribution in [2.75, 3.05) is 24.4 Å². The molecule has 3 rings (SSSR count). The number of hydrogen-bond acceptors (Lipinski definition) is 4. The van der Waals surface area contributed by atoms with Crippen molar-refractivity contribution in [1.29, 1.82) is 0 Å². The summed E-state index contributed by atoms with van der Waals surface area (Å²) in [6, 6.07) is 17.5. The molecule has 0 aliphatic rings. The van der Waals surface area contributed by atoms with Gasteiger partial charge in [-0.3, -0.25) is 14.3 Å². The number of ether oxygens (including phenoxy) is 1. The minimum absolute atomic E-state index is 0.0357. The van der Waals surface area contributed by atoms with Gasteiger partial charge in [-0.15, -0.1) is 0 Å². The smallest absolute Gasteiger partial charge is 0.253 e. The molecular formula is C20H20N4O3. The first-order chi connectivity index (χ1) is 13.2. The van der Waals surface area contributed by atoms with Gasteiger partial charge in [0.15, 0.2) is 6.04 Å². The van der Waals surface area contributed by atoms with Crippen molar-refractivity contribution in [3.63, 3.8) is 0 Å². The highest BCUT2D eigenvalue weighted by Gasteiger charge is 2.23. The predicted octanol–water partition coefficient (Wildman–Crippen LogP) is 2.70. The van der Waals surface area contributed by atoms with Crippen LogP contribution in [0.25, 0.3) is 0 Å². The third-order valence-corrected chi connectivity index (χ3v) is 3.84. The summed E-state index contributed by atoms with van der Waals surface area (Å²) >= 11 is 0. The van der Waals surface area contributed by atoms with Crippen molar-refractivity contribution in [1.82, 2.24) is 9.78 Å². The monoisotopic (exact) mass is 364 g/mol. The van der Waals surface area contributed by atoms with Crippen LogP contribution < -0.4 is 10.6 Å². The molecule has 1 atom stereocenters. The quantitative estimate of drug-likeness (QED) is 0.675. The van der Waals surface area contributed by atoms with Crippen molar-refractivity contribution in [2.45, 2.75) is 6.04 Å². The van der Waals surface area contributed by atoms with Crippen LogP contribution in [0.2, 0.25) is 0 Å². The summed E-state index contributed by atoms with van der Waals surface area (Å²) in [4.78, 5) is 24.6. The van der Waals surface area contributed by atoms with Gasteiger partial charge in [-0.2, -0.15) is 5.10 Å². The summed E-state index contributed by atoms with van der Waals surface area (Å²) in [6.45, 7) is -0.0357. The lowest BCUT2D eigenvalue weighted by Crippen LogP contribution is -2.27. The largest absolute Gasteiger partial charge is 0.375 e. The van der Waals surface area contributed by atoms with Crippen LogP contribution in [0.15, 0.2) is 73.1 Å². The number of methoxy groups -OCH3 is 1. The average molecular weight is 364 g/mol. The molecule has 7 heteroatoms. The minimum Gasteiger partial charge on any atom is -0.375 e. The van der Waals surface area contributed by atoms with E-state index in [4.69, 9.17) is 4.74 Å². The van der Waals surface area contributed by atoms with Crippen LogP contribution in [-0.4, -0.2) is 35.3 Å². The van der Waals surface area contributed by atoms with Gasteiger partial charge < -0.3 is 15.4 Å². The number of hydrogen-bond donors (Lipinski definition) is 2. The van der Waals surface area contributed by atoms with E-state index < -0.39 is 6.04 Å². The third-order valence-electron chi connectivity index (χ3n) is 3.84. The van der Waals surface area contributed by atoms with Gasteiger partial charge in [0, 0.05) is 30.9 Å². The van der Waals surface area contributed by atoms with E-state index >= 15 is 0 Å². The molecule has 2 amide bonds. The maximum atomic E-state index is 13.0. The molecule has 2 N–H and O–H groups in total. The van der Waals surface area contributed by atoms with Gasteiger partial charge >= 0.3 is 0 Å². The van der Waals surface area contributed by atoms with Crippen LogP contribution in [0, 0.1) is 0 Å². The van der Waals surface area contributed by atoms with E-state index in [1.54, 1.807) is 47.4 Å². The Balaban J connectivity index is 1.79. The molecule has 1 heterocycles. The van der Waals surface area contributed by atoms with Crippen molar-refractivity contribution in [2.24, 2.45) is 0 Å². The number of aromatic nitrogens is 2. The van der Waals surface area contributed by atoms with Crippen LogP contribution in [0.4, 0.5) is 11.4 Å². The predicted molar refractivity (Wildman–Crippen MR) is 102 cm³/mol. The molecule has 2 aromatic carbocycles. The first-order valence-corrected chi connectivity index (χ1v) is 8.41.